The van der Waals surface area contributed by atoms with Crippen LogP contribution >= 0.6 is 0 Å². The summed E-state index contributed by atoms with van der Waals surface area (Å²) in [6, 6.07) is 33.7. The molecule has 2 aliphatic heterocycles. The van der Waals surface area contributed by atoms with Crippen LogP contribution in [0.15, 0.2) is 91.0 Å². The number of hydrogen-bond donors (Lipinski definition) is 0. The predicted octanol–water partition coefficient (Wildman–Crippen LogP) is 19.5. The van der Waals surface area contributed by atoms with Gasteiger partial charge in [0.2, 0.25) is 0 Å². The van der Waals surface area contributed by atoms with Gasteiger partial charge >= 0.3 is 17.6 Å². The third-order valence-electron chi connectivity index (χ3n) is 16.9. The Kier molecular flexibility index (Phi) is 23.0. The van der Waals surface area contributed by atoms with Crippen LogP contribution < -0.4 is 23.8 Å². The van der Waals surface area contributed by atoms with Gasteiger partial charge in [0.1, 0.15) is 29.6 Å². The normalized spacial score (nSPS) is 18.3. The first-order valence-electron chi connectivity index (χ1n) is 34.1. The maximum absolute atomic E-state index is 7.88. The number of fused-ring (bicyclic) bond motifs is 8. The summed E-state index contributed by atoms with van der Waals surface area (Å²) in [5.41, 5.74) is 7.85. The molecule has 1 fully saturated rings. The Hall–Kier alpha value is -3.05. The second-order valence-corrected chi connectivity index (χ2v) is 76.4. The Morgan fingerprint density at radius 3 is 1.49 bits per heavy atom. The van der Waals surface area contributed by atoms with E-state index in [4.69, 9.17) is 52.5 Å². The van der Waals surface area contributed by atoms with Crippen molar-refractivity contribution in [2.24, 2.45) is 5.92 Å². The molecule has 3 aliphatic rings. The maximum Gasteiger partial charge on any atom is 0.469 e. The molecule has 2 atom stereocenters. The van der Waals surface area contributed by atoms with Crippen molar-refractivity contribution in [2.75, 3.05) is 52.0 Å². The zero-order chi connectivity index (χ0) is 68.8. The molecule has 0 saturated carbocycles. The van der Waals surface area contributed by atoms with E-state index in [2.05, 4.69) is 248 Å². The van der Waals surface area contributed by atoms with Crippen molar-refractivity contribution in [1.82, 2.24) is 0 Å². The van der Waals surface area contributed by atoms with Gasteiger partial charge in [-0.2, -0.15) is 0 Å². The van der Waals surface area contributed by atoms with E-state index in [9.17, 15) is 0 Å². The van der Waals surface area contributed by atoms with Crippen LogP contribution in [-0.4, -0.2) is 131 Å². The Bertz CT molecular complexity index is 3330. The standard InChI is InChI=1S/C70H117NO12Si10/c1-69(2)63-32-28-27-31-59(63)66-61-50-64(71-43-29-30-54(52-71)53-76-91(25,26)47-49-93(81-87(14,15)16,82-88(17,18)19)83-89(20,21)22)65(73-4)51-62(61)68-60(67(66)69)41-42-70(77-68,55-33-37-57(72-3)38-34-55)56-35-39-58(40-36-56)74-44-45-75-90(23,24)46-48-92(78-84(5,6)7,79-85(8,9)10)80-86(11,12)13/h27-28,31-42,50-51,54H,29-30,43-49,52-53H2,1-26H3. The molecule has 13 nitrogen and oxygen atoms in total. The maximum atomic E-state index is 7.88. The molecule has 1 saturated heterocycles. The number of nitrogens with zero attached hydrogens (tertiary/aromatic N) is 1. The van der Waals surface area contributed by atoms with E-state index in [1.165, 1.54) is 22.3 Å². The Morgan fingerprint density at radius 1 is 0.527 bits per heavy atom. The molecule has 5 aromatic carbocycles. The van der Waals surface area contributed by atoms with Gasteiger partial charge in [-0.3, -0.25) is 0 Å². The summed E-state index contributed by atoms with van der Waals surface area (Å²) in [4.78, 5) is 2.55. The summed E-state index contributed by atoms with van der Waals surface area (Å²) in [6.07, 6.45) is 6.73. The van der Waals surface area contributed by atoms with Gasteiger partial charge in [0.25, 0.3) is 0 Å². The topological polar surface area (TPSA) is 114 Å². The molecule has 0 radical (unpaired) electrons. The third-order valence-corrected chi connectivity index (χ3v) is 46.6. The van der Waals surface area contributed by atoms with Crippen LogP contribution in [0.5, 0.6) is 23.0 Å². The Balaban J connectivity index is 1.08. The molecular weight excluding hydrogens is 1330 g/mol. The van der Waals surface area contributed by atoms with Crippen molar-refractivity contribution in [1.29, 1.82) is 0 Å². The first-order valence-corrected chi connectivity index (χ1v) is 64.6. The number of ether oxygens (including phenoxy) is 4. The zero-order valence-corrected chi connectivity index (χ0v) is 71.9. The van der Waals surface area contributed by atoms with Crippen molar-refractivity contribution in [2.45, 2.75) is 206 Å². The molecule has 0 amide bonds. The molecule has 23 heteroatoms. The molecule has 0 spiro atoms. The SMILES string of the molecule is COc1ccc(C2(c3ccc(OCCO[Si](C)(C)CC[Si](O[Si](C)(C)C)(O[Si](C)(C)C)O[Si](C)(C)C)cc3)C=Cc3c4c(c5cc(N6CCCC(CO[Si](C)(C)CC[Si](O[Si](C)(C)C)(O[Si](C)(C)C)O[Si](C)(C)C)C6)c(OC)cc5c3O2)-c2ccccc2C4(C)C)cc1. The van der Waals surface area contributed by atoms with Gasteiger partial charge in [0, 0.05) is 59.3 Å². The van der Waals surface area contributed by atoms with Crippen LogP contribution in [0.25, 0.3) is 28.0 Å². The van der Waals surface area contributed by atoms with Crippen LogP contribution in [0.2, 0.25) is 168 Å². The summed E-state index contributed by atoms with van der Waals surface area (Å²) >= 11 is 0. The fourth-order valence-corrected chi connectivity index (χ4v) is 50.5. The van der Waals surface area contributed by atoms with E-state index in [0.29, 0.717) is 25.7 Å². The van der Waals surface area contributed by atoms with Gasteiger partial charge in [0.15, 0.2) is 72.1 Å². The van der Waals surface area contributed by atoms with Crippen LogP contribution in [0.4, 0.5) is 5.69 Å². The molecule has 8 rings (SSSR count). The van der Waals surface area contributed by atoms with E-state index < -0.39 is 89.7 Å². The highest BCUT2D eigenvalue weighted by molar-refractivity contribution is 6.92. The van der Waals surface area contributed by atoms with Gasteiger partial charge in [-0.1, -0.05) is 68.5 Å². The third kappa shape index (κ3) is 19.7. The fraction of sp³-hybridized carbons (Fsp3) is 0.571. The average Bonchev–Trinajstić information content (AvgIpc) is 1.59. The molecule has 0 N–H and O–H groups in total. The molecular formula is C70H117NO12Si10. The predicted molar refractivity (Wildman–Crippen MR) is 413 cm³/mol. The minimum absolute atomic E-state index is 0.328. The molecule has 5 aromatic rings. The summed E-state index contributed by atoms with van der Waals surface area (Å²) < 4.78 is 83.0. The van der Waals surface area contributed by atoms with E-state index >= 15 is 0 Å². The quantitative estimate of drug-likeness (QED) is 0.0310. The highest BCUT2D eigenvalue weighted by Gasteiger charge is 2.53. The van der Waals surface area contributed by atoms with E-state index in [0.717, 1.165) is 106 Å². The van der Waals surface area contributed by atoms with Crippen LogP contribution in [0.1, 0.15) is 54.5 Å². The summed E-state index contributed by atoms with van der Waals surface area (Å²) in [5, 5.41) is 2.16. The van der Waals surface area contributed by atoms with Crippen molar-refractivity contribution in [3.05, 3.63) is 119 Å². The van der Waals surface area contributed by atoms with Crippen molar-refractivity contribution in [3.63, 3.8) is 0 Å². The van der Waals surface area contributed by atoms with Gasteiger partial charge in [-0.05, 0) is 245 Å². The molecule has 2 heterocycles. The summed E-state index contributed by atoms with van der Waals surface area (Å²) in [6.45, 7) is 58.0. The Labute approximate surface area is 572 Å². The number of anilines is 1. The minimum atomic E-state index is -3.00. The number of hydrogen-bond acceptors (Lipinski definition) is 13. The molecule has 514 valence electrons. The van der Waals surface area contributed by atoms with Crippen molar-refractivity contribution < 1.29 is 52.5 Å². The number of benzene rings is 5. The highest BCUT2D eigenvalue weighted by Crippen LogP contribution is 2.59. The highest BCUT2D eigenvalue weighted by atomic mass is 28.5. The zero-order valence-electron chi connectivity index (χ0n) is 61.9. The average molecular weight is 1450 g/mol. The molecule has 93 heavy (non-hydrogen) atoms. The minimum Gasteiger partial charge on any atom is -0.497 e. The lowest BCUT2D eigenvalue weighted by Gasteiger charge is -2.43. The number of piperidine rings is 1. The molecule has 1 aliphatic carbocycles. The number of rotatable bonds is 31. The van der Waals surface area contributed by atoms with E-state index in [1.54, 1.807) is 7.11 Å². The first-order chi connectivity index (χ1) is 42.8. The van der Waals surface area contributed by atoms with Crippen LogP contribution in [-0.2, 0) is 44.6 Å². The van der Waals surface area contributed by atoms with E-state index in [-0.39, 0.29) is 5.41 Å². The Morgan fingerprint density at radius 2 is 1.01 bits per heavy atom. The van der Waals surface area contributed by atoms with Crippen LogP contribution in [0.3, 0.4) is 0 Å². The van der Waals surface area contributed by atoms with Gasteiger partial charge in [-0.15, -0.1) is 0 Å². The first kappa shape index (κ1) is 75.7. The lowest BCUT2D eigenvalue weighted by atomic mass is 9.76. The van der Waals surface area contributed by atoms with Gasteiger partial charge in [0.05, 0.1) is 26.5 Å². The summed E-state index contributed by atoms with van der Waals surface area (Å²) in [7, 11) is -18.9. The van der Waals surface area contributed by atoms with Crippen LogP contribution in [0, 0.1) is 5.92 Å². The molecule has 0 aromatic heterocycles. The molecule has 2 unspecified atom stereocenters. The summed E-state index contributed by atoms with van der Waals surface area (Å²) in [5.74, 6) is 3.53. The smallest absolute Gasteiger partial charge is 0.469 e. The number of methoxy groups -OCH3 is 2. The molecule has 0 bridgehead atoms. The lowest BCUT2D eigenvalue weighted by molar-refractivity contribution is 0.163. The van der Waals surface area contributed by atoms with Crippen molar-refractivity contribution in [3.8, 4) is 34.1 Å². The van der Waals surface area contributed by atoms with Gasteiger partial charge in [-0.25, -0.2) is 0 Å². The van der Waals surface area contributed by atoms with E-state index in [1.807, 2.05) is 19.2 Å². The second-order valence-electron chi connectivity index (χ2n) is 33.8. The lowest BCUT2D eigenvalue weighted by Crippen LogP contribution is -2.61. The van der Waals surface area contributed by atoms with Crippen molar-refractivity contribution >= 4 is 107 Å². The monoisotopic (exact) mass is 1440 g/mol. The largest absolute Gasteiger partial charge is 0.497 e. The second kappa shape index (κ2) is 28.3. The van der Waals surface area contributed by atoms with Gasteiger partial charge < -0.3 is 57.4 Å². The fourth-order valence-electron chi connectivity index (χ4n) is 13.5.